The second kappa shape index (κ2) is 9.34. The molecule has 0 spiro atoms. The van der Waals surface area contributed by atoms with E-state index in [4.69, 9.17) is 17.1 Å². The van der Waals surface area contributed by atoms with Crippen LogP contribution in [0.5, 0.6) is 0 Å². The Balaban J connectivity index is 1.61. The first-order chi connectivity index (χ1) is 16.4. The summed E-state index contributed by atoms with van der Waals surface area (Å²) in [5.74, 6) is -6.33. The van der Waals surface area contributed by atoms with E-state index in [1.807, 2.05) is 0 Å². The van der Waals surface area contributed by atoms with Crippen LogP contribution < -0.4 is 5.32 Å². The number of hydrogen-bond donors (Lipinski definition) is 2. The molecule has 13 heteroatoms. The Hall–Kier alpha value is -2.79. The molecule has 2 aliphatic rings. The van der Waals surface area contributed by atoms with Crippen LogP contribution in [0, 0.1) is 29.3 Å². The summed E-state index contributed by atoms with van der Waals surface area (Å²) in [7, 11) is -4.04. The molecule has 2 N–H and O–H groups in total. The van der Waals surface area contributed by atoms with Crippen LogP contribution in [0.4, 0.5) is 18.9 Å². The van der Waals surface area contributed by atoms with Crippen molar-refractivity contribution < 1.29 is 31.5 Å². The standard InChI is InChI=1S/C22H20ClF3N4O4S/c23-15-4-3-11(21(31)29-14-6-16(24)19(26)17(25)7-14)5-18(15)35(33,34)20-12-1-2-13(20)9-22(32,8-12)10-28-30-27/h3-7,12-13,20,32H,1-2,8-10H2,(H,29,31)/t12-,13?,20+,22+/m0/s1. The predicted octanol–water partition coefficient (Wildman–Crippen LogP) is 5.01. The highest BCUT2D eigenvalue weighted by Crippen LogP contribution is 2.51. The van der Waals surface area contributed by atoms with Gasteiger partial charge in [-0.15, -0.1) is 0 Å². The lowest BCUT2D eigenvalue weighted by Gasteiger charge is -2.40. The summed E-state index contributed by atoms with van der Waals surface area (Å²) in [6.45, 7) is -0.149. The number of nitrogens with one attached hydrogen (secondary N) is 1. The number of sulfone groups is 1. The molecule has 8 nitrogen and oxygen atoms in total. The van der Waals surface area contributed by atoms with Crippen LogP contribution in [-0.2, 0) is 9.84 Å². The summed E-state index contributed by atoms with van der Waals surface area (Å²) in [6, 6.07) is 4.77. The number of hydrogen-bond acceptors (Lipinski definition) is 5. The monoisotopic (exact) mass is 528 g/mol. The number of azide groups is 1. The van der Waals surface area contributed by atoms with Gasteiger partial charge in [-0.3, -0.25) is 4.79 Å². The van der Waals surface area contributed by atoms with E-state index in [9.17, 15) is 31.5 Å². The van der Waals surface area contributed by atoms with Gasteiger partial charge >= 0.3 is 0 Å². The predicted molar refractivity (Wildman–Crippen MR) is 121 cm³/mol. The second-order valence-corrected chi connectivity index (χ2v) is 11.5. The minimum Gasteiger partial charge on any atom is -0.390 e. The molecular formula is C22H20ClF3N4O4S. The first-order valence-corrected chi connectivity index (χ1v) is 12.6. The summed E-state index contributed by atoms with van der Waals surface area (Å²) in [6.07, 6.45) is 1.41. The van der Waals surface area contributed by atoms with E-state index in [2.05, 4.69) is 15.3 Å². The normalized spacial score (nSPS) is 25.7. The van der Waals surface area contributed by atoms with Gasteiger partial charge in [-0.1, -0.05) is 16.7 Å². The number of nitrogens with zero attached hydrogens (tertiary/aromatic N) is 3. The fraction of sp³-hybridized carbons (Fsp3) is 0.409. The van der Waals surface area contributed by atoms with Crippen molar-refractivity contribution in [2.45, 2.75) is 41.4 Å². The fourth-order valence-electron chi connectivity index (χ4n) is 5.28. The third-order valence-electron chi connectivity index (χ3n) is 6.65. The summed E-state index contributed by atoms with van der Waals surface area (Å²) in [5.41, 5.74) is 6.80. The topological polar surface area (TPSA) is 132 Å². The van der Waals surface area contributed by atoms with Crippen LogP contribution in [0.2, 0.25) is 5.02 Å². The molecule has 0 saturated heterocycles. The number of rotatable bonds is 6. The van der Waals surface area contributed by atoms with Gasteiger partial charge < -0.3 is 10.4 Å². The SMILES string of the molecule is [N-]=[N+]=NC[C@]1(O)CC2CC[C@@H](C1)[C@H]2S(=O)(=O)c1cc(C(=O)Nc2cc(F)c(F)c(F)c2)ccc1Cl. The molecule has 2 aromatic rings. The highest BCUT2D eigenvalue weighted by atomic mass is 35.5. The van der Waals surface area contributed by atoms with Crippen molar-refractivity contribution in [3.05, 3.63) is 68.8 Å². The Labute approximate surface area is 203 Å². The lowest BCUT2D eigenvalue weighted by Crippen LogP contribution is -2.47. The zero-order valence-electron chi connectivity index (χ0n) is 18.1. The number of carbonyl (C=O) groups is 1. The summed E-state index contributed by atoms with van der Waals surface area (Å²) in [5, 5.41) is 15.5. The zero-order valence-corrected chi connectivity index (χ0v) is 19.7. The van der Waals surface area contributed by atoms with Crippen molar-refractivity contribution in [1.82, 2.24) is 0 Å². The molecule has 2 bridgehead atoms. The van der Waals surface area contributed by atoms with Gasteiger partial charge in [-0.25, -0.2) is 21.6 Å². The van der Waals surface area contributed by atoms with E-state index in [1.54, 1.807) is 0 Å². The average Bonchev–Trinajstić information content (AvgIpc) is 3.09. The third kappa shape index (κ3) is 4.84. The van der Waals surface area contributed by atoms with E-state index in [0.29, 0.717) is 25.0 Å². The van der Waals surface area contributed by atoms with Gasteiger partial charge in [-0.05, 0) is 61.2 Å². The quantitative estimate of drug-likeness (QED) is 0.236. The minimum absolute atomic E-state index is 0.102. The van der Waals surface area contributed by atoms with Gasteiger partial charge in [0.1, 0.15) is 0 Å². The molecule has 0 heterocycles. The lowest BCUT2D eigenvalue weighted by atomic mass is 9.77. The summed E-state index contributed by atoms with van der Waals surface area (Å²) in [4.78, 5) is 15.1. The molecular weight excluding hydrogens is 509 g/mol. The average molecular weight is 529 g/mol. The maximum atomic E-state index is 13.6. The van der Waals surface area contributed by atoms with E-state index in [-0.39, 0.29) is 40.6 Å². The molecule has 2 aliphatic carbocycles. The number of aliphatic hydroxyl groups is 1. The Bertz CT molecular complexity index is 1310. The Morgan fingerprint density at radius 3 is 2.34 bits per heavy atom. The van der Waals surface area contributed by atoms with Crippen molar-refractivity contribution in [3.8, 4) is 0 Å². The first-order valence-electron chi connectivity index (χ1n) is 10.7. The van der Waals surface area contributed by atoms with E-state index in [1.165, 1.54) is 12.1 Å². The summed E-state index contributed by atoms with van der Waals surface area (Å²) >= 11 is 6.21. The van der Waals surface area contributed by atoms with Crippen molar-refractivity contribution >= 4 is 33.0 Å². The van der Waals surface area contributed by atoms with Crippen molar-refractivity contribution in [2.75, 3.05) is 11.9 Å². The van der Waals surface area contributed by atoms with Crippen LogP contribution in [0.3, 0.4) is 0 Å². The van der Waals surface area contributed by atoms with Crippen LogP contribution in [0.25, 0.3) is 10.4 Å². The van der Waals surface area contributed by atoms with Crippen molar-refractivity contribution in [1.29, 1.82) is 0 Å². The maximum Gasteiger partial charge on any atom is 0.255 e. The molecule has 1 unspecified atom stereocenters. The van der Waals surface area contributed by atoms with Crippen LogP contribution in [0.1, 0.15) is 36.0 Å². The highest BCUT2D eigenvalue weighted by Gasteiger charge is 2.54. The molecule has 35 heavy (non-hydrogen) atoms. The smallest absolute Gasteiger partial charge is 0.255 e. The first kappa shape index (κ1) is 25.3. The van der Waals surface area contributed by atoms with E-state index < -0.39 is 55.9 Å². The molecule has 0 aromatic heterocycles. The third-order valence-corrected chi connectivity index (χ3v) is 9.53. The minimum atomic E-state index is -4.04. The van der Waals surface area contributed by atoms with E-state index >= 15 is 0 Å². The second-order valence-electron chi connectivity index (χ2n) is 8.98. The van der Waals surface area contributed by atoms with Gasteiger partial charge in [0.15, 0.2) is 27.3 Å². The van der Waals surface area contributed by atoms with Crippen LogP contribution in [0.15, 0.2) is 40.3 Å². The largest absolute Gasteiger partial charge is 0.390 e. The number of carbonyl (C=O) groups excluding carboxylic acids is 1. The molecule has 4 atom stereocenters. The van der Waals surface area contributed by atoms with Gasteiger partial charge in [0.25, 0.3) is 5.91 Å². The Kier molecular flexibility index (Phi) is 6.76. The molecule has 186 valence electrons. The Morgan fingerprint density at radius 2 is 1.77 bits per heavy atom. The number of anilines is 1. The molecule has 2 aromatic carbocycles. The van der Waals surface area contributed by atoms with Crippen molar-refractivity contribution in [3.63, 3.8) is 0 Å². The molecule has 0 radical (unpaired) electrons. The van der Waals surface area contributed by atoms with Crippen LogP contribution >= 0.6 is 11.6 Å². The number of benzene rings is 2. The molecule has 0 aliphatic heterocycles. The number of fused-ring (bicyclic) bond motifs is 2. The van der Waals surface area contributed by atoms with Gasteiger partial charge in [-0.2, -0.15) is 0 Å². The van der Waals surface area contributed by atoms with Gasteiger partial charge in [0.2, 0.25) is 0 Å². The lowest BCUT2D eigenvalue weighted by molar-refractivity contribution is -0.0105. The fourth-order valence-corrected chi connectivity index (χ4v) is 8.12. The number of halogens is 4. The molecule has 4 rings (SSSR count). The van der Waals surface area contributed by atoms with Gasteiger partial charge in [0.05, 0.1) is 27.3 Å². The molecule has 2 saturated carbocycles. The number of amides is 1. The zero-order chi connectivity index (χ0) is 25.5. The maximum absolute atomic E-state index is 13.6. The Morgan fingerprint density at radius 1 is 1.17 bits per heavy atom. The van der Waals surface area contributed by atoms with Crippen LogP contribution in [-0.4, -0.2) is 36.8 Å². The van der Waals surface area contributed by atoms with Crippen molar-refractivity contribution in [2.24, 2.45) is 17.0 Å². The molecule has 2 fully saturated rings. The summed E-state index contributed by atoms with van der Waals surface area (Å²) < 4.78 is 67.4. The molecule has 1 amide bonds. The van der Waals surface area contributed by atoms with Gasteiger partial charge in [0, 0.05) is 28.3 Å². The highest BCUT2D eigenvalue weighted by molar-refractivity contribution is 7.92. The van der Waals surface area contributed by atoms with E-state index in [0.717, 1.165) is 6.07 Å².